The monoisotopic (exact) mass is 287 g/mol. The van der Waals surface area contributed by atoms with Crippen LogP contribution in [0.25, 0.3) is 0 Å². The topological polar surface area (TPSA) is 65.1 Å². The van der Waals surface area contributed by atoms with Gasteiger partial charge in [0.25, 0.3) is 0 Å². The van der Waals surface area contributed by atoms with E-state index in [1.807, 2.05) is 0 Å². The van der Waals surface area contributed by atoms with Gasteiger partial charge < -0.3 is 14.3 Å². The van der Waals surface area contributed by atoms with Crippen molar-refractivity contribution >= 4 is 23.5 Å². The number of nitrogens with zero attached hydrogens (tertiary/aromatic N) is 1. The Balaban J connectivity index is 2.76. The lowest BCUT2D eigenvalue weighted by Gasteiger charge is -2.19. The van der Waals surface area contributed by atoms with E-state index >= 15 is 0 Å². The first kappa shape index (κ1) is 15.3. The third kappa shape index (κ3) is 5.58. The fourth-order valence-electron chi connectivity index (χ4n) is 1.13. The lowest BCUT2D eigenvalue weighted by atomic mass is 10.3. The van der Waals surface area contributed by atoms with E-state index in [2.05, 4.69) is 0 Å². The van der Waals surface area contributed by atoms with Crippen LogP contribution >= 0.6 is 11.6 Å². The molecule has 1 aromatic carbocycles. The summed E-state index contributed by atoms with van der Waals surface area (Å²) in [5, 5.41) is 1.69. The highest BCUT2D eigenvalue weighted by Gasteiger charge is 2.26. The summed E-state index contributed by atoms with van der Waals surface area (Å²) in [4.78, 5) is 27.4. The fraction of sp³-hybridized carbons (Fsp3) is 0.333. The van der Waals surface area contributed by atoms with Gasteiger partial charge in [-0.15, -0.1) is 5.06 Å². The van der Waals surface area contributed by atoms with Crippen LogP contribution in [0.3, 0.4) is 0 Å². The number of benzene rings is 1. The Bertz CT molecular complexity index is 446. The van der Waals surface area contributed by atoms with Crippen LogP contribution in [0.1, 0.15) is 6.92 Å². The molecule has 0 aliphatic carbocycles. The van der Waals surface area contributed by atoms with Gasteiger partial charge in [0, 0.05) is 26.0 Å². The van der Waals surface area contributed by atoms with E-state index in [1.54, 1.807) is 24.3 Å². The molecule has 6 nitrogen and oxygen atoms in total. The van der Waals surface area contributed by atoms with Crippen molar-refractivity contribution in [1.82, 2.24) is 5.06 Å². The van der Waals surface area contributed by atoms with Crippen LogP contribution in [-0.2, 0) is 19.2 Å². The molecule has 0 radical (unpaired) electrons. The van der Waals surface area contributed by atoms with Crippen molar-refractivity contribution in [1.29, 1.82) is 0 Å². The third-order valence-electron chi connectivity index (χ3n) is 1.79. The number of esters is 1. The van der Waals surface area contributed by atoms with Crippen LogP contribution in [0.4, 0.5) is 0 Å². The van der Waals surface area contributed by atoms with Crippen molar-refractivity contribution in [3.8, 4) is 5.75 Å². The maximum atomic E-state index is 11.7. The average Bonchev–Trinajstić information content (AvgIpc) is 2.29. The van der Waals surface area contributed by atoms with Gasteiger partial charge in [-0.1, -0.05) is 11.6 Å². The van der Waals surface area contributed by atoms with Crippen LogP contribution in [0.2, 0.25) is 5.02 Å². The van der Waals surface area contributed by atoms with E-state index in [4.69, 9.17) is 25.9 Å². The molecule has 0 amide bonds. The molecule has 0 saturated carbocycles. The molecule has 0 aliphatic heterocycles. The summed E-state index contributed by atoms with van der Waals surface area (Å²) in [7, 11) is 3.04. The average molecular weight is 288 g/mol. The largest absolute Gasteiger partial charge is 0.445 e. The number of rotatable bonds is 5. The second-order valence-electron chi connectivity index (χ2n) is 3.74. The van der Waals surface area contributed by atoms with Gasteiger partial charge in [0.2, 0.25) is 0 Å². The molecule has 0 fully saturated rings. The molecular weight excluding hydrogens is 274 g/mol. The summed E-state index contributed by atoms with van der Waals surface area (Å²) >= 11 is 5.72. The predicted octanol–water partition coefficient (Wildman–Crippen LogP) is 1.63. The van der Waals surface area contributed by atoms with Crippen LogP contribution in [-0.4, -0.2) is 37.4 Å². The molecule has 0 bridgehead atoms. The van der Waals surface area contributed by atoms with Crippen molar-refractivity contribution in [2.45, 2.75) is 13.2 Å². The minimum atomic E-state index is -1.47. The minimum absolute atomic E-state index is 0.325. The van der Waals surface area contributed by atoms with E-state index in [0.29, 0.717) is 10.8 Å². The zero-order valence-electron chi connectivity index (χ0n) is 10.8. The third-order valence-corrected chi connectivity index (χ3v) is 2.05. The van der Waals surface area contributed by atoms with Gasteiger partial charge in [0.05, 0.1) is 0 Å². The summed E-state index contributed by atoms with van der Waals surface area (Å²) in [6.45, 7) is 1.17. The molecule has 0 N–H and O–H groups in total. The molecule has 1 atom stereocenters. The number of hydrogen-bond acceptors (Lipinski definition) is 6. The van der Waals surface area contributed by atoms with Crippen molar-refractivity contribution in [3.05, 3.63) is 29.3 Å². The summed E-state index contributed by atoms with van der Waals surface area (Å²) in [6.07, 6.45) is -1.47. The molecule has 1 rings (SSSR count). The summed E-state index contributed by atoms with van der Waals surface area (Å²) < 4.78 is 9.99. The normalized spacial score (nSPS) is 11.8. The molecule has 104 valence electrons. The zero-order chi connectivity index (χ0) is 14.4. The van der Waals surface area contributed by atoms with Crippen molar-refractivity contribution in [2.75, 3.05) is 14.1 Å². The molecule has 0 saturated heterocycles. The SMILES string of the molecule is CC(=O)OC(Oc1ccc(Cl)cc1)C(=O)ON(C)C. The first-order chi connectivity index (χ1) is 8.88. The van der Waals surface area contributed by atoms with Crippen LogP contribution < -0.4 is 4.74 Å². The maximum absolute atomic E-state index is 11.7. The van der Waals surface area contributed by atoms with Gasteiger partial charge in [-0.2, -0.15) is 0 Å². The van der Waals surface area contributed by atoms with Gasteiger partial charge in [0.1, 0.15) is 5.75 Å². The summed E-state index contributed by atoms with van der Waals surface area (Å²) in [6, 6.07) is 6.25. The number of ether oxygens (including phenoxy) is 2. The molecule has 0 heterocycles. The van der Waals surface area contributed by atoms with E-state index in [1.165, 1.54) is 26.1 Å². The van der Waals surface area contributed by atoms with E-state index in [-0.39, 0.29) is 0 Å². The molecular formula is C12H14ClNO5. The van der Waals surface area contributed by atoms with Gasteiger partial charge >= 0.3 is 18.2 Å². The van der Waals surface area contributed by atoms with Gasteiger partial charge in [-0.25, -0.2) is 4.79 Å². The van der Waals surface area contributed by atoms with Gasteiger partial charge in [-0.05, 0) is 24.3 Å². The maximum Gasteiger partial charge on any atom is 0.408 e. The van der Waals surface area contributed by atoms with E-state index in [0.717, 1.165) is 0 Å². The van der Waals surface area contributed by atoms with E-state index in [9.17, 15) is 9.59 Å². The first-order valence-electron chi connectivity index (χ1n) is 5.37. The Morgan fingerprint density at radius 3 is 2.26 bits per heavy atom. The lowest BCUT2D eigenvalue weighted by molar-refractivity contribution is -0.210. The smallest absolute Gasteiger partial charge is 0.408 e. The van der Waals surface area contributed by atoms with E-state index < -0.39 is 18.2 Å². The van der Waals surface area contributed by atoms with Gasteiger partial charge in [0.15, 0.2) is 0 Å². The summed E-state index contributed by atoms with van der Waals surface area (Å²) in [5.41, 5.74) is 0. The summed E-state index contributed by atoms with van der Waals surface area (Å²) in [5.74, 6) is -1.17. The van der Waals surface area contributed by atoms with Crippen LogP contribution in [0.5, 0.6) is 5.75 Å². The Morgan fingerprint density at radius 2 is 1.79 bits per heavy atom. The van der Waals surface area contributed by atoms with Crippen molar-refractivity contribution in [3.63, 3.8) is 0 Å². The Labute approximate surface area is 115 Å². The number of halogens is 1. The Kier molecular flexibility index (Phi) is 5.59. The molecule has 0 aliphatic rings. The molecule has 1 aromatic rings. The molecule has 0 aromatic heterocycles. The number of hydrogen-bond donors (Lipinski definition) is 0. The van der Waals surface area contributed by atoms with Gasteiger partial charge in [-0.3, -0.25) is 4.79 Å². The second kappa shape index (κ2) is 6.96. The fourth-order valence-corrected chi connectivity index (χ4v) is 1.26. The quantitative estimate of drug-likeness (QED) is 0.466. The highest BCUT2D eigenvalue weighted by molar-refractivity contribution is 6.30. The molecule has 1 unspecified atom stereocenters. The molecule has 19 heavy (non-hydrogen) atoms. The number of hydroxylamine groups is 2. The minimum Gasteiger partial charge on any atom is -0.445 e. The number of carbonyl (C=O) groups excluding carboxylic acids is 2. The molecule has 7 heteroatoms. The van der Waals surface area contributed by atoms with Crippen molar-refractivity contribution < 1.29 is 23.9 Å². The second-order valence-corrected chi connectivity index (χ2v) is 4.17. The highest BCUT2D eigenvalue weighted by atomic mass is 35.5. The van der Waals surface area contributed by atoms with Crippen LogP contribution in [0, 0.1) is 0 Å². The number of carbonyl (C=O) groups is 2. The van der Waals surface area contributed by atoms with Crippen LogP contribution in [0.15, 0.2) is 24.3 Å². The predicted molar refractivity (Wildman–Crippen MR) is 67.4 cm³/mol. The molecule has 0 spiro atoms. The first-order valence-corrected chi connectivity index (χ1v) is 5.75. The Morgan fingerprint density at radius 1 is 1.21 bits per heavy atom. The Hall–Kier alpha value is -1.79. The lowest BCUT2D eigenvalue weighted by Crippen LogP contribution is -2.36. The highest BCUT2D eigenvalue weighted by Crippen LogP contribution is 2.17. The van der Waals surface area contributed by atoms with Crippen molar-refractivity contribution in [2.24, 2.45) is 0 Å². The standard InChI is InChI=1S/C12H14ClNO5/c1-8(15)17-12(11(16)19-14(2)3)18-10-6-4-9(13)5-7-10/h4-7,12H,1-3H3. The zero-order valence-corrected chi connectivity index (χ0v) is 11.5.